The summed E-state index contributed by atoms with van der Waals surface area (Å²) in [6.07, 6.45) is 0.197. The number of anilines is 1. The van der Waals surface area contributed by atoms with Crippen molar-refractivity contribution >= 4 is 11.5 Å². The van der Waals surface area contributed by atoms with Gasteiger partial charge in [-0.15, -0.1) is 0 Å². The minimum Gasteiger partial charge on any atom is -0.409 e. The quantitative estimate of drug-likeness (QED) is 0.376. The zero-order valence-corrected chi connectivity index (χ0v) is 12.6. The van der Waals surface area contributed by atoms with E-state index in [1.165, 1.54) is 0 Å². The predicted octanol–water partition coefficient (Wildman–Crippen LogP) is 2.09. The minimum atomic E-state index is -0.157. The molecule has 0 amide bonds. The number of amidine groups is 1. The van der Waals surface area contributed by atoms with E-state index in [0.717, 1.165) is 29.9 Å². The van der Waals surface area contributed by atoms with Crippen LogP contribution in [0.25, 0.3) is 0 Å². The number of morpholine rings is 1. The van der Waals surface area contributed by atoms with Crippen molar-refractivity contribution in [1.29, 1.82) is 0 Å². The summed E-state index contributed by atoms with van der Waals surface area (Å²) >= 11 is 0. The Labute approximate surface area is 120 Å². The van der Waals surface area contributed by atoms with Gasteiger partial charge in [-0.25, -0.2) is 0 Å². The maximum atomic E-state index is 8.77. The molecule has 1 unspecified atom stereocenters. The van der Waals surface area contributed by atoms with Crippen LogP contribution >= 0.6 is 0 Å². The summed E-state index contributed by atoms with van der Waals surface area (Å²) in [5.74, 6) is 0.143. The lowest BCUT2D eigenvalue weighted by atomic mass is 10.0. The van der Waals surface area contributed by atoms with Gasteiger partial charge in [-0.3, -0.25) is 0 Å². The smallest absolute Gasteiger partial charge is 0.170 e. The van der Waals surface area contributed by atoms with Crippen LogP contribution in [0.3, 0.4) is 0 Å². The van der Waals surface area contributed by atoms with Crippen LogP contribution in [0.15, 0.2) is 23.4 Å². The van der Waals surface area contributed by atoms with Gasteiger partial charge in [0.1, 0.15) is 0 Å². The number of nitrogens with zero attached hydrogens (tertiary/aromatic N) is 2. The van der Waals surface area contributed by atoms with Crippen molar-refractivity contribution in [2.45, 2.75) is 39.4 Å². The van der Waals surface area contributed by atoms with E-state index < -0.39 is 0 Å². The van der Waals surface area contributed by atoms with Crippen LogP contribution < -0.4 is 10.6 Å². The molecule has 1 saturated heterocycles. The molecule has 0 spiro atoms. The Balaban J connectivity index is 2.28. The molecule has 20 heavy (non-hydrogen) atoms. The summed E-state index contributed by atoms with van der Waals surface area (Å²) in [6.45, 7) is 9.98. The van der Waals surface area contributed by atoms with E-state index in [1.54, 1.807) is 0 Å². The van der Waals surface area contributed by atoms with E-state index in [2.05, 4.69) is 36.9 Å². The SMILES string of the molecule is Cc1cc(N2CC(C)OC(C)(C)C2)ccc1/C(N)=N/O. The molecule has 0 saturated carbocycles. The fraction of sp³-hybridized carbons (Fsp3) is 0.533. The number of ether oxygens (including phenoxy) is 1. The molecule has 110 valence electrons. The van der Waals surface area contributed by atoms with Gasteiger partial charge in [0, 0.05) is 24.3 Å². The van der Waals surface area contributed by atoms with Gasteiger partial charge < -0.3 is 20.6 Å². The third kappa shape index (κ3) is 3.04. The molecule has 1 aromatic rings. The van der Waals surface area contributed by atoms with Gasteiger partial charge in [0.05, 0.1) is 11.7 Å². The van der Waals surface area contributed by atoms with E-state index in [1.807, 2.05) is 19.1 Å². The monoisotopic (exact) mass is 277 g/mol. The van der Waals surface area contributed by atoms with Gasteiger partial charge in [-0.05, 0) is 51.5 Å². The fourth-order valence-electron chi connectivity index (χ4n) is 2.84. The van der Waals surface area contributed by atoms with Gasteiger partial charge in [-0.1, -0.05) is 5.16 Å². The van der Waals surface area contributed by atoms with Crippen LogP contribution in [0.5, 0.6) is 0 Å². The Morgan fingerprint density at radius 1 is 1.50 bits per heavy atom. The third-order valence-electron chi connectivity index (χ3n) is 3.53. The van der Waals surface area contributed by atoms with Crippen molar-refractivity contribution in [2.24, 2.45) is 10.9 Å². The first-order valence-electron chi connectivity index (χ1n) is 6.84. The van der Waals surface area contributed by atoms with E-state index in [4.69, 9.17) is 15.7 Å². The lowest BCUT2D eigenvalue weighted by Gasteiger charge is -2.43. The highest BCUT2D eigenvalue weighted by Crippen LogP contribution is 2.27. The van der Waals surface area contributed by atoms with Crippen LogP contribution in [0.4, 0.5) is 5.69 Å². The van der Waals surface area contributed by atoms with Crippen molar-refractivity contribution in [3.8, 4) is 0 Å². The lowest BCUT2D eigenvalue weighted by Crippen LogP contribution is -2.52. The average Bonchev–Trinajstić information content (AvgIpc) is 2.35. The molecule has 1 aliphatic heterocycles. The predicted molar refractivity (Wildman–Crippen MR) is 80.5 cm³/mol. The van der Waals surface area contributed by atoms with Gasteiger partial charge in [0.2, 0.25) is 0 Å². The van der Waals surface area contributed by atoms with Gasteiger partial charge in [0.15, 0.2) is 5.84 Å². The van der Waals surface area contributed by atoms with E-state index in [9.17, 15) is 0 Å². The molecule has 0 bridgehead atoms. The summed E-state index contributed by atoms with van der Waals surface area (Å²) in [5, 5.41) is 11.8. The number of benzene rings is 1. The van der Waals surface area contributed by atoms with Gasteiger partial charge in [0.25, 0.3) is 0 Å². The molecule has 5 heteroatoms. The van der Waals surface area contributed by atoms with Crippen LogP contribution in [-0.4, -0.2) is 35.8 Å². The van der Waals surface area contributed by atoms with Gasteiger partial charge >= 0.3 is 0 Å². The van der Waals surface area contributed by atoms with Crippen LogP contribution in [0.1, 0.15) is 31.9 Å². The molecule has 0 radical (unpaired) electrons. The second-order valence-electron chi connectivity index (χ2n) is 6.05. The third-order valence-corrected chi connectivity index (χ3v) is 3.53. The summed E-state index contributed by atoms with van der Waals surface area (Å²) in [6, 6.07) is 5.98. The van der Waals surface area contributed by atoms with Crippen LogP contribution in [0.2, 0.25) is 0 Å². The Hall–Kier alpha value is -1.75. The first-order valence-corrected chi connectivity index (χ1v) is 6.84. The standard InChI is InChI=1S/C15H23N3O2/c1-10-7-12(5-6-13(10)14(16)17-19)18-8-11(2)20-15(3,4)9-18/h5-7,11,19H,8-9H2,1-4H3,(H2,16,17). The first-order chi connectivity index (χ1) is 9.32. The summed E-state index contributed by atoms with van der Waals surface area (Å²) in [7, 11) is 0. The van der Waals surface area contributed by atoms with Gasteiger partial charge in [-0.2, -0.15) is 0 Å². The van der Waals surface area contributed by atoms with Crippen molar-refractivity contribution in [1.82, 2.24) is 0 Å². The number of hydrogen-bond donors (Lipinski definition) is 2. The van der Waals surface area contributed by atoms with Crippen molar-refractivity contribution < 1.29 is 9.94 Å². The normalized spacial score (nSPS) is 22.9. The molecule has 2 rings (SSSR count). The van der Waals surface area contributed by atoms with E-state index >= 15 is 0 Å². The highest BCUT2D eigenvalue weighted by atomic mass is 16.5. The Bertz CT molecular complexity index is 526. The van der Waals surface area contributed by atoms with Crippen molar-refractivity contribution in [2.75, 3.05) is 18.0 Å². The molecule has 1 heterocycles. The number of oxime groups is 1. The maximum Gasteiger partial charge on any atom is 0.170 e. The highest BCUT2D eigenvalue weighted by molar-refractivity contribution is 5.98. The number of nitrogens with two attached hydrogens (primary N) is 1. The fourth-order valence-corrected chi connectivity index (χ4v) is 2.84. The summed E-state index contributed by atoms with van der Waals surface area (Å²) in [5.41, 5.74) is 8.39. The zero-order valence-electron chi connectivity index (χ0n) is 12.6. The molecule has 1 aliphatic rings. The summed E-state index contributed by atoms with van der Waals surface area (Å²) < 4.78 is 5.92. The molecule has 5 nitrogen and oxygen atoms in total. The molecule has 0 aliphatic carbocycles. The number of rotatable bonds is 2. The van der Waals surface area contributed by atoms with Crippen LogP contribution in [0, 0.1) is 6.92 Å². The zero-order chi connectivity index (χ0) is 14.9. The van der Waals surface area contributed by atoms with Crippen molar-refractivity contribution in [3.05, 3.63) is 29.3 Å². The van der Waals surface area contributed by atoms with Crippen molar-refractivity contribution in [3.63, 3.8) is 0 Å². The number of aryl methyl sites for hydroxylation is 1. The molecular weight excluding hydrogens is 254 g/mol. The van der Waals surface area contributed by atoms with E-state index in [-0.39, 0.29) is 17.5 Å². The lowest BCUT2D eigenvalue weighted by molar-refractivity contribution is -0.0749. The van der Waals surface area contributed by atoms with Crippen LogP contribution in [-0.2, 0) is 4.74 Å². The molecule has 0 aromatic heterocycles. The first kappa shape index (κ1) is 14.7. The largest absolute Gasteiger partial charge is 0.409 e. The molecule has 1 fully saturated rings. The summed E-state index contributed by atoms with van der Waals surface area (Å²) in [4.78, 5) is 2.32. The molecule has 1 aromatic carbocycles. The Morgan fingerprint density at radius 3 is 2.75 bits per heavy atom. The molecule has 1 atom stereocenters. The Kier molecular flexibility index (Phi) is 3.90. The average molecular weight is 277 g/mol. The topological polar surface area (TPSA) is 71.1 Å². The Morgan fingerprint density at radius 2 is 2.20 bits per heavy atom. The highest BCUT2D eigenvalue weighted by Gasteiger charge is 2.31. The molecular formula is C15H23N3O2. The second-order valence-corrected chi connectivity index (χ2v) is 6.05. The minimum absolute atomic E-state index is 0.143. The second kappa shape index (κ2) is 5.32. The molecule has 3 N–H and O–H groups in total. The number of hydrogen-bond acceptors (Lipinski definition) is 4. The maximum absolute atomic E-state index is 8.77. The van der Waals surface area contributed by atoms with E-state index in [0.29, 0.717) is 0 Å².